The lowest BCUT2D eigenvalue weighted by Gasteiger charge is -2.37. The first-order valence-corrected chi connectivity index (χ1v) is 7.94. The van der Waals surface area contributed by atoms with Gasteiger partial charge in [-0.3, -0.25) is 4.79 Å². The molecule has 0 unspecified atom stereocenters. The van der Waals surface area contributed by atoms with Crippen LogP contribution >= 0.6 is 0 Å². The van der Waals surface area contributed by atoms with Gasteiger partial charge in [-0.2, -0.15) is 0 Å². The molecule has 112 valence electrons. The zero-order valence-corrected chi connectivity index (χ0v) is 12.2. The Labute approximate surface area is 125 Å². The average molecular weight is 286 g/mol. The SMILES string of the molecule is O=C(NC1Cc2ccccc2C1)[C@]12CNC[C@H]1CCOC2. The second-order valence-corrected chi connectivity index (χ2v) is 6.67. The highest BCUT2D eigenvalue weighted by Gasteiger charge is 2.51. The predicted molar refractivity (Wildman–Crippen MR) is 80.0 cm³/mol. The Morgan fingerprint density at radius 3 is 2.81 bits per heavy atom. The fourth-order valence-corrected chi connectivity index (χ4v) is 4.16. The molecule has 2 heterocycles. The molecule has 0 saturated carbocycles. The summed E-state index contributed by atoms with van der Waals surface area (Å²) in [6, 6.07) is 8.74. The number of rotatable bonds is 2. The fourth-order valence-electron chi connectivity index (χ4n) is 4.16. The third-order valence-corrected chi connectivity index (χ3v) is 5.42. The van der Waals surface area contributed by atoms with E-state index in [0.717, 1.165) is 39.0 Å². The van der Waals surface area contributed by atoms with Crippen LogP contribution in [0, 0.1) is 11.3 Å². The smallest absolute Gasteiger partial charge is 0.230 e. The van der Waals surface area contributed by atoms with Gasteiger partial charge >= 0.3 is 0 Å². The van der Waals surface area contributed by atoms with E-state index in [2.05, 4.69) is 34.9 Å². The van der Waals surface area contributed by atoms with E-state index in [1.165, 1.54) is 11.1 Å². The summed E-state index contributed by atoms with van der Waals surface area (Å²) in [6.45, 7) is 3.05. The van der Waals surface area contributed by atoms with Crippen molar-refractivity contribution in [1.29, 1.82) is 0 Å². The summed E-state index contributed by atoms with van der Waals surface area (Å²) in [5.41, 5.74) is 2.41. The molecule has 2 N–H and O–H groups in total. The molecule has 0 bridgehead atoms. The standard InChI is InChI=1S/C17H22N2O2/c20-16(17-10-18-9-14(17)5-6-21-11-17)19-15-7-12-3-1-2-4-13(12)8-15/h1-4,14-15,18H,5-11H2,(H,19,20)/t14-,17+/m1/s1. The molecular formula is C17H22N2O2. The number of hydrogen-bond acceptors (Lipinski definition) is 3. The van der Waals surface area contributed by atoms with E-state index >= 15 is 0 Å². The van der Waals surface area contributed by atoms with Crippen molar-refractivity contribution in [2.45, 2.75) is 25.3 Å². The lowest BCUT2D eigenvalue weighted by molar-refractivity contribution is -0.141. The van der Waals surface area contributed by atoms with Crippen molar-refractivity contribution in [2.75, 3.05) is 26.3 Å². The molecule has 2 atom stereocenters. The first kappa shape index (κ1) is 13.3. The number of hydrogen-bond donors (Lipinski definition) is 2. The maximum Gasteiger partial charge on any atom is 0.230 e. The molecule has 1 aromatic carbocycles. The van der Waals surface area contributed by atoms with Crippen LogP contribution in [-0.4, -0.2) is 38.3 Å². The van der Waals surface area contributed by atoms with E-state index in [0.29, 0.717) is 12.5 Å². The van der Waals surface area contributed by atoms with Crippen LogP contribution in [0.15, 0.2) is 24.3 Å². The van der Waals surface area contributed by atoms with E-state index in [1.54, 1.807) is 0 Å². The van der Waals surface area contributed by atoms with Crippen LogP contribution in [0.4, 0.5) is 0 Å². The number of nitrogens with one attached hydrogen (secondary N) is 2. The first-order valence-electron chi connectivity index (χ1n) is 7.94. The minimum atomic E-state index is -0.340. The molecule has 3 aliphatic rings. The van der Waals surface area contributed by atoms with E-state index < -0.39 is 0 Å². The second-order valence-electron chi connectivity index (χ2n) is 6.67. The quantitative estimate of drug-likeness (QED) is 0.849. The molecule has 1 amide bonds. The summed E-state index contributed by atoms with van der Waals surface area (Å²) in [5.74, 6) is 0.616. The highest BCUT2D eigenvalue weighted by Crippen LogP contribution is 2.38. The van der Waals surface area contributed by atoms with Crippen molar-refractivity contribution in [3.63, 3.8) is 0 Å². The van der Waals surface area contributed by atoms with Crippen LogP contribution in [0.2, 0.25) is 0 Å². The molecule has 4 heteroatoms. The molecule has 2 saturated heterocycles. The van der Waals surface area contributed by atoms with Gasteiger partial charge in [0.25, 0.3) is 0 Å². The Kier molecular flexibility index (Phi) is 3.23. The van der Waals surface area contributed by atoms with Crippen LogP contribution in [-0.2, 0) is 22.4 Å². The zero-order valence-electron chi connectivity index (χ0n) is 12.2. The third-order valence-electron chi connectivity index (χ3n) is 5.42. The van der Waals surface area contributed by atoms with Crippen LogP contribution in [0.5, 0.6) is 0 Å². The average Bonchev–Trinajstić information content (AvgIpc) is 3.10. The molecule has 1 aliphatic carbocycles. The molecule has 0 aromatic heterocycles. The van der Waals surface area contributed by atoms with Gasteiger partial charge in [-0.15, -0.1) is 0 Å². The summed E-state index contributed by atoms with van der Waals surface area (Å²) in [7, 11) is 0. The highest BCUT2D eigenvalue weighted by molar-refractivity contribution is 5.84. The van der Waals surface area contributed by atoms with Crippen molar-refractivity contribution in [1.82, 2.24) is 10.6 Å². The first-order chi connectivity index (χ1) is 10.3. The van der Waals surface area contributed by atoms with Gasteiger partial charge in [0, 0.05) is 19.2 Å². The van der Waals surface area contributed by atoms with Crippen molar-refractivity contribution in [3.8, 4) is 0 Å². The molecule has 2 fully saturated rings. The number of carbonyl (C=O) groups is 1. The lowest BCUT2D eigenvalue weighted by Crippen LogP contribution is -2.54. The molecule has 0 spiro atoms. The van der Waals surface area contributed by atoms with Gasteiger partial charge in [0.15, 0.2) is 0 Å². The number of benzene rings is 1. The van der Waals surface area contributed by atoms with Crippen LogP contribution in [0.1, 0.15) is 17.5 Å². The van der Waals surface area contributed by atoms with Crippen LogP contribution in [0.3, 0.4) is 0 Å². The fraction of sp³-hybridized carbons (Fsp3) is 0.588. The Balaban J connectivity index is 1.47. The van der Waals surface area contributed by atoms with Crippen molar-refractivity contribution < 1.29 is 9.53 Å². The van der Waals surface area contributed by atoms with Crippen LogP contribution < -0.4 is 10.6 Å². The summed E-state index contributed by atoms with van der Waals surface area (Å²) in [5, 5.41) is 6.69. The van der Waals surface area contributed by atoms with E-state index in [4.69, 9.17) is 4.74 Å². The van der Waals surface area contributed by atoms with E-state index in [9.17, 15) is 4.79 Å². The van der Waals surface area contributed by atoms with Gasteiger partial charge < -0.3 is 15.4 Å². The summed E-state index contributed by atoms with van der Waals surface area (Å²) in [4.78, 5) is 12.9. The second kappa shape index (κ2) is 5.11. The topological polar surface area (TPSA) is 50.4 Å². The number of fused-ring (bicyclic) bond motifs is 2. The van der Waals surface area contributed by atoms with Gasteiger partial charge in [0.1, 0.15) is 0 Å². The largest absolute Gasteiger partial charge is 0.380 e. The minimum absolute atomic E-state index is 0.190. The van der Waals surface area contributed by atoms with Gasteiger partial charge in [0.05, 0.1) is 12.0 Å². The molecule has 21 heavy (non-hydrogen) atoms. The van der Waals surface area contributed by atoms with Crippen molar-refractivity contribution >= 4 is 5.91 Å². The number of amides is 1. The van der Waals surface area contributed by atoms with E-state index in [-0.39, 0.29) is 17.4 Å². The predicted octanol–water partition coefficient (Wildman–Crippen LogP) is 0.896. The van der Waals surface area contributed by atoms with Crippen molar-refractivity contribution in [3.05, 3.63) is 35.4 Å². The minimum Gasteiger partial charge on any atom is -0.380 e. The van der Waals surface area contributed by atoms with Crippen molar-refractivity contribution in [2.24, 2.45) is 11.3 Å². The maximum absolute atomic E-state index is 12.9. The monoisotopic (exact) mass is 286 g/mol. The van der Waals surface area contributed by atoms with Crippen LogP contribution in [0.25, 0.3) is 0 Å². The van der Waals surface area contributed by atoms with Gasteiger partial charge in [-0.05, 0) is 42.9 Å². The van der Waals surface area contributed by atoms with Gasteiger partial charge in [0.2, 0.25) is 5.91 Å². The summed E-state index contributed by atoms with van der Waals surface area (Å²) < 4.78 is 5.63. The van der Waals surface area contributed by atoms with Gasteiger partial charge in [-0.1, -0.05) is 24.3 Å². The summed E-state index contributed by atoms with van der Waals surface area (Å²) in [6.07, 6.45) is 2.90. The Bertz CT molecular complexity index is 534. The maximum atomic E-state index is 12.9. The molecule has 1 aromatic rings. The summed E-state index contributed by atoms with van der Waals surface area (Å²) >= 11 is 0. The normalized spacial score (nSPS) is 31.7. The van der Waals surface area contributed by atoms with Gasteiger partial charge in [-0.25, -0.2) is 0 Å². The Hall–Kier alpha value is -1.39. The molecule has 4 nitrogen and oxygen atoms in total. The lowest BCUT2D eigenvalue weighted by atomic mass is 9.74. The molecule has 2 aliphatic heterocycles. The third kappa shape index (κ3) is 2.17. The number of carbonyl (C=O) groups excluding carboxylic acids is 1. The molecular weight excluding hydrogens is 264 g/mol. The molecule has 0 radical (unpaired) electrons. The Morgan fingerprint density at radius 1 is 1.29 bits per heavy atom. The Morgan fingerprint density at radius 2 is 2.05 bits per heavy atom. The molecule has 4 rings (SSSR count). The zero-order chi connectivity index (χ0) is 14.3. The number of ether oxygens (including phenoxy) is 1. The van der Waals surface area contributed by atoms with E-state index in [1.807, 2.05) is 0 Å². The highest BCUT2D eigenvalue weighted by atomic mass is 16.5.